The second-order valence-corrected chi connectivity index (χ2v) is 5.92. The summed E-state index contributed by atoms with van der Waals surface area (Å²) < 4.78 is 15.9. The molecule has 10 nitrogen and oxygen atoms in total. The van der Waals surface area contributed by atoms with Crippen molar-refractivity contribution in [2.75, 3.05) is 26.4 Å². The Labute approximate surface area is 132 Å². The van der Waals surface area contributed by atoms with E-state index in [2.05, 4.69) is 0 Å². The van der Waals surface area contributed by atoms with Crippen LogP contribution in [0.2, 0.25) is 0 Å². The quantitative estimate of drug-likeness (QED) is 0.260. The fraction of sp³-hybridized carbons (Fsp3) is 1.00. The van der Waals surface area contributed by atoms with E-state index >= 15 is 0 Å². The van der Waals surface area contributed by atoms with Crippen LogP contribution >= 0.6 is 0 Å². The summed E-state index contributed by atoms with van der Waals surface area (Å²) in [5, 5.41) is 67.5. The molecule has 2 rings (SSSR count). The molecule has 2 aliphatic rings. The molecule has 10 heteroatoms. The predicted molar refractivity (Wildman–Crippen MR) is 72.1 cm³/mol. The zero-order chi connectivity index (χ0) is 17.2. The molecule has 0 spiro atoms. The van der Waals surface area contributed by atoms with Crippen LogP contribution in [0.5, 0.6) is 0 Å². The van der Waals surface area contributed by atoms with Gasteiger partial charge in [0.05, 0.1) is 26.4 Å². The third-order valence-electron chi connectivity index (χ3n) is 4.26. The van der Waals surface area contributed by atoms with Crippen LogP contribution in [-0.2, 0) is 14.2 Å². The first kappa shape index (κ1) is 18.9. The van der Waals surface area contributed by atoms with Gasteiger partial charge in [0.1, 0.15) is 42.2 Å². The van der Waals surface area contributed by atoms with Crippen molar-refractivity contribution in [2.24, 2.45) is 0 Å². The van der Waals surface area contributed by atoms with Gasteiger partial charge in [-0.2, -0.15) is 0 Å². The fourth-order valence-corrected chi connectivity index (χ4v) is 2.81. The maximum atomic E-state index is 10.1. The van der Waals surface area contributed by atoms with Gasteiger partial charge in [-0.25, -0.2) is 0 Å². The Balaban J connectivity index is 2.08. The van der Waals surface area contributed by atoms with Crippen molar-refractivity contribution in [3.05, 3.63) is 0 Å². The minimum Gasteiger partial charge on any atom is -0.394 e. The SMILES string of the molecule is OCC1OCC(O)C(O)[C@@H]1O[C@@H]1OC(CO)C(O)(CO)CC1O. The van der Waals surface area contributed by atoms with Crippen molar-refractivity contribution in [1.82, 2.24) is 0 Å². The van der Waals surface area contributed by atoms with E-state index in [0.717, 1.165) is 0 Å². The molecule has 0 bridgehead atoms. The summed E-state index contributed by atoms with van der Waals surface area (Å²) in [6.07, 6.45) is -8.95. The first-order valence-electron chi connectivity index (χ1n) is 7.38. The molecule has 0 aromatic heterocycles. The molecule has 8 atom stereocenters. The Morgan fingerprint density at radius 3 is 2.30 bits per heavy atom. The average Bonchev–Trinajstić information content (AvgIpc) is 2.54. The van der Waals surface area contributed by atoms with Gasteiger partial charge in [-0.05, 0) is 0 Å². The predicted octanol–water partition coefficient (Wildman–Crippen LogP) is -4.32. The summed E-state index contributed by atoms with van der Waals surface area (Å²) in [5.74, 6) is 0. The largest absolute Gasteiger partial charge is 0.394 e. The monoisotopic (exact) mass is 340 g/mol. The summed E-state index contributed by atoms with van der Waals surface area (Å²) in [4.78, 5) is 0. The summed E-state index contributed by atoms with van der Waals surface area (Å²) in [6.45, 7) is -2.01. The van der Waals surface area contributed by atoms with Crippen molar-refractivity contribution >= 4 is 0 Å². The molecular formula is C13H24O10. The van der Waals surface area contributed by atoms with Gasteiger partial charge in [0.25, 0.3) is 0 Å². The Morgan fingerprint density at radius 1 is 1.04 bits per heavy atom. The highest BCUT2D eigenvalue weighted by molar-refractivity contribution is 4.95. The molecule has 0 aromatic rings. The van der Waals surface area contributed by atoms with Crippen LogP contribution in [0.3, 0.4) is 0 Å². The highest BCUT2D eigenvalue weighted by Gasteiger charge is 2.50. The fourth-order valence-electron chi connectivity index (χ4n) is 2.81. The number of hydrogen-bond acceptors (Lipinski definition) is 10. The van der Waals surface area contributed by atoms with E-state index in [1.165, 1.54) is 0 Å². The topological polar surface area (TPSA) is 169 Å². The van der Waals surface area contributed by atoms with Crippen LogP contribution in [-0.4, -0.2) is 111 Å². The highest BCUT2D eigenvalue weighted by atomic mass is 16.7. The standard InChI is InChI=1S/C13H24O10/c14-2-8-11(10(19)7(18)4-21-8)23-12-6(17)1-13(20,5-16)9(3-15)22-12/h6-12,14-20H,1-5H2/t6?,7?,8?,9?,10?,11-,12+,13?/m1/s1. The second kappa shape index (κ2) is 7.66. The van der Waals surface area contributed by atoms with Crippen molar-refractivity contribution in [3.63, 3.8) is 0 Å². The van der Waals surface area contributed by atoms with Crippen LogP contribution in [0.4, 0.5) is 0 Å². The van der Waals surface area contributed by atoms with Crippen LogP contribution in [0, 0.1) is 0 Å². The molecule has 0 aliphatic carbocycles. The van der Waals surface area contributed by atoms with Gasteiger partial charge in [0.15, 0.2) is 6.29 Å². The molecule has 0 radical (unpaired) electrons. The first-order chi connectivity index (χ1) is 10.9. The number of aliphatic hydroxyl groups excluding tert-OH is 6. The van der Waals surface area contributed by atoms with Gasteiger partial charge in [0, 0.05) is 6.42 Å². The van der Waals surface area contributed by atoms with Gasteiger partial charge >= 0.3 is 0 Å². The maximum absolute atomic E-state index is 10.1. The smallest absolute Gasteiger partial charge is 0.184 e. The maximum Gasteiger partial charge on any atom is 0.184 e. The zero-order valence-corrected chi connectivity index (χ0v) is 12.4. The highest BCUT2D eigenvalue weighted by Crippen LogP contribution is 2.32. The molecule has 0 amide bonds. The molecule has 0 aromatic carbocycles. The minimum atomic E-state index is -1.83. The van der Waals surface area contributed by atoms with Crippen LogP contribution in [0.1, 0.15) is 6.42 Å². The van der Waals surface area contributed by atoms with E-state index in [4.69, 9.17) is 14.2 Å². The van der Waals surface area contributed by atoms with E-state index in [1.54, 1.807) is 0 Å². The van der Waals surface area contributed by atoms with Gasteiger partial charge in [-0.1, -0.05) is 0 Å². The average molecular weight is 340 g/mol. The van der Waals surface area contributed by atoms with E-state index in [0.29, 0.717) is 0 Å². The third-order valence-corrected chi connectivity index (χ3v) is 4.26. The first-order valence-corrected chi connectivity index (χ1v) is 7.38. The Kier molecular flexibility index (Phi) is 6.30. The summed E-state index contributed by atoms with van der Waals surface area (Å²) >= 11 is 0. The van der Waals surface area contributed by atoms with Gasteiger partial charge in [0.2, 0.25) is 0 Å². The van der Waals surface area contributed by atoms with E-state index < -0.39 is 68.3 Å². The van der Waals surface area contributed by atoms with Crippen LogP contribution in [0.15, 0.2) is 0 Å². The summed E-state index contributed by atoms with van der Waals surface area (Å²) in [7, 11) is 0. The van der Waals surface area contributed by atoms with E-state index in [1.807, 2.05) is 0 Å². The zero-order valence-electron chi connectivity index (χ0n) is 12.4. The lowest BCUT2D eigenvalue weighted by atomic mass is 9.88. The van der Waals surface area contributed by atoms with Crippen molar-refractivity contribution in [3.8, 4) is 0 Å². The van der Waals surface area contributed by atoms with E-state index in [-0.39, 0.29) is 13.0 Å². The molecular weight excluding hydrogens is 316 g/mol. The molecule has 136 valence electrons. The summed E-state index contributed by atoms with van der Waals surface area (Å²) in [5.41, 5.74) is -1.83. The minimum absolute atomic E-state index is 0.177. The Morgan fingerprint density at radius 2 is 1.74 bits per heavy atom. The third kappa shape index (κ3) is 3.82. The number of ether oxygens (including phenoxy) is 3. The lowest BCUT2D eigenvalue weighted by molar-refractivity contribution is -0.336. The number of hydrogen-bond donors (Lipinski definition) is 7. The van der Waals surface area contributed by atoms with E-state index in [9.17, 15) is 35.7 Å². The van der Waals surface area contributed by atoms with Crippen molar-refractivity contribution < 1.29 is 50.0 Å². The number of aliphatic hydroxyl groups is 7. The molecule has 2 saturated heterocycles. The molecule has 23 heavy (non-hydrogen) atoms. The molecule has 2 aliphatic heterocycles. The molecule has 2 fully saturated rings. The number of rotatable bonds is 5. The molecule has 7 N–H and O–H groups in total. The van der Waals surface area contributed by atoms with Crippen molar-refractivity contribution in [1.29, 1.82) is 0 Å². The lowest BCUT2D eigenvalue weighted by Crippen LogP contribution is -2.63. The van der Waals surface area contributed by atoms with Gasteiger partial charge in [-0.15, -0.1) is 0 Å². The summed E-state index contributed by atoms with van der Waals surface area (Å²) in [6, 6.07) is 0. The second-order valence-electron chi connectivity index (χ2n) is 5.92. The van der Waals surface area contributed by atoms with Crippen molar-refractivity contribution in [2.45, 2.75) is 54.9 Å². The Hall–Kier alpha value is -0.400. The molecule has 6 unspecified atom stereocenters. The normalized spacial score (nSPS) is 48.4. The van der Waals surface area contributed by atoms with Gasteiger partial charge < -0.3 is 50.0 Å². The van der Waals surface area contributed by atoms with Crippen LogP contribution in [0.25, 0.3) is 0 Å². The van der Waals surface area contributed by atoms with Gasteiger partial charge in [-0.3, -0.25) is 0 Å². The molecule has 2 heterocycles. The van der Waals surface area contributed by atoms with Crippen LogP contribution < -0.4 is 0 Å². The molecule has 0 saturated carbocycles. The lowest BCUT2D eigenvalue weighted by Gasteiger charge is -2.46. The Bertz CT molecular complexity index is 380.